The van der Waals surface area contributed by atoms with Crippen molar-refractivity contribution in [3.05, 3.63) is 33.2 Å². The number of hydrogen-bond donors (Lipinski definition) is 1. The van der Waals surface area contributed by atoms with Gasteiger partial charge in [0.05, 0.1) is 11.6 Å². The number of halogens is 3. The molecule has 0 aromatic carbocycles. The van der Waals surface area contributed by atoms with E-state index in [1.165, 1.54) is 0 Å². The summed E-state index contributed by atoms with van der Waals surface area (Å²) in [6.07, 6.45) is 0.961. The van der Waals surface area contributed by atoms with E-state index in [9.17, 15) is 8.78 Å². The number of ether oxygens (including phenoxy) is 1. The molecule has 0 amide bonds. The van der Waals surface area contributed by atoms with Crippen LogP contribution in [0.4, 0.5) is 14.6 Å². The van der Waals surface area contributed by atoms with E-state index in [4.69, 9.17) is 10.5 Å². The summed E-state index contributed by atoms with van der Waals surface area (Å²) in [4.78, 5) is 8.30. The molecular formula is C18H22F2IN5OSi. The van der Waals surface area contributed by atoms with Crippen molar-refractivity contribution in [3.63, 3.8) is 0 Å². The van der Waals surface area contributed by atoms with Gasteiger partial charge in [-0.1, -0.05) is 19.6 Å². The van der Waals surface area contributed by atoms with E-state index < -0.39 is 19.7 Å². The molecule has 150 valence electrons. The zero-order valence-electron chi connectivity index (χ0n) is 16.2. The zero-order chi connectivity index (χ0) is 20.6. The first kappa shape index (κ1) is 21.1. The molecular weight excluding hydrogens is 495 g/mol. The molecule has 0 radical (unpaired) electrons. The highest BCUT2D eigenvalue weighted by molar-refractivity contribution is 14.1. The number of aromatic nitrogens is 4. The Morgan fingerprint density at radius 2 is 2.00 bits per heavy atom. The third kappa shape index (κ3) is 4.33. The van der Waals surface area contributed by atoms with Crippen LogP contribution in [0, 0.1) is 22.3 Å². The molecule has 6 nitrogen and oxygen atoms in total. The van der Waals surface area contributed by atoms with E-state index in [1.807, 2.05) is 0 Å². The maximum absolute atomic E-state index is 14.3. The molecule has 0 unspecified atom stereocenters. The summed E-state index contributed by atoms with van der Waals surface area (Å²) in [5.74, 6) is -1.42. The number of nitrogens with two attached hydrogens (primary N) is 1. The second-order valence-electron chi connectivity index (χ2n) is 7.82. The average molecular weight is 517 g/mol. The molecule has 3 aromatic rings. The molecule has 0 saturated carbocycles. The summed E-state index contributed by atoms with van der Waals surface area (Å²) in [7, 11) is -1.18. The van der Waals surface area contributed by atoms with Gasteiger partial charge in [0.25, 0.3) is 0 Å². The smallest absolute Gasteiger partial charge is 0.164 e. The van der Waals surface area contributed by atoms with Gasteiger partial charge in [-0.05, 0) is 41.1 Å². The van der Waals surface area contributed by atoms with E-state index >= 15 is 0 Å². The van der Waals surface area contributed by atoms with Crippen molar-refractivity contribution < 1.29 is 13.5 Å². The lowest BCUT2D eigenvalue weighted by Crippen LogP contribution is -2.22. The Morgan fingerprint density at radius 3 is 2.64 bits per heavy atom. The van der Waals surface area contributed by atoms with Crippen LogP contribution in [-0.4, -0.2) is 34.4 Å². The second kappa shape index (κ2) is 7.99. The average Bonchev–Trinajstić information content (AvgIpc) is 2.88. The largest absolute Gasteiger partial charge is 0.383 e. The van der Waals surface area contributed by atoms with Gasteiger partial charge in [0.2, 0.25) is 0 Å². The predicted molar refractivity (Wildman–Crippen MR) is 117 cm³/mol. The van der Waals surface area contributed by atoms with Gasteiger partial charge in [-0.15, -0.1) is 0 Å². The van der Waals surface area contributed by atoms with Gasteiger partial charge < -0.3 is 10.5 Å². The van der Waals surface area contributed by atoms with Crippen LogP contribution in [0.25, 0.3) is 22.3 Å². The summed E-state index contributed by atoms with van der Waals surface area (Å²) in [6.45, 7) is 9.60. The molecule has 0 saturated heterocycles. The lowest BCUT2D eigenvalue weighted by atomic mass is 10.0. The molecule has 0 aliphatic carbocycles. The molecule has 0 fully saturated rings. The Kier molecular flexibility index (Phi) is 6.01. The maximum Gasteiger partial charge on any atom is 0.164 e. The summed E-state index contributed by atoms with van der Waals surface area (Å²) in [6, 6.07) is 1.84. The first-order valence-electron chi connectivity index (χ1n) is 8.80. The summed E-state index contributed by atoms with van der Waals surface area (Å²) in [5.41, 5.74) is 7.71. The molecule has 0 aliphatic heterocycles. The molecule has 0 bridgehead atoms. The van der Waals surface area contributed by atoms with E-state index in [0.29, 0.717) is 27.1 Å². The number of anilines is 1. The molecule has 0 atom stereocenters. The van der Waals surface area contributed by atoms with Crippen LogP contribution < -0.4 is 5.73 Å². The normalized spacial score (nSPS) is 12.1. The summed E-state index contributed by atoms with van der Waals surface area (Å²) >= 11 is 2.10. The van der Waals surface area contributed by atoms with Gasteiger partial charge in [-0.2, -0.15) is 5.10 Å². The van der Waals surface area contributed by atoms with Gasteiger partial charge in [-0.3, -0.25) is 0 Å². The number of fused-ring (bicyclic) bond motifs is 1. The van der Waals surface area contributed by atoms with Crippen LogP contribution in [0.1, 0.15) is 5.56 Å². The van der Waals surface area contributed by atoms with Gasteiger partial charge in [0.1, 0.15) is 27.8 Å². The third-order valence-electron chi connectivity index (χ3n) is 4.37. The van der Waals surface area contributed by atoms with Crippen molar-refractivity contribution in [2.24, 2.45) is 0 Å². The van der Waals surface area contributed by atoms with Gasteiger partial charge in [0, 0.05) is 26.3 Å². The number of aryl methyl sites for hydroxylation is 1. The minimum Gasteiger partial charge on any atom is -0.383 e. The second-order valence-corrected chi connectivity index (χ2v) is 14.5. The highest BCUT2D eigenvalue weighted by atomic mass is 127. The lowest BCUT2D eigenvalue weighted by molar-refractivity contribution is 0.0810. The minimum atomic E-state index is -1.18. The van der Waals surface area contributed by atoms with E-state index in [-0.39, 0.29) is 18.2 Å². The van der Waals surface area contributed by atoms with Gasteiger partial charge in [-0.25, -0.2) is 23.4 Å². The highest BCUT2D eigenvalue weighted by Gasteiger charge is 2.22. The van der Waals surface area contributed by atoms with E-state index in [2.05, 4.69) is 57.3 Å². The topological polar surface area (TPSA) is 78.9 Å². The fraction of sp³-hybridized carbons (Fsp3) is 0.389. The van der Waals surface area contributed by atoms with Crippen molar-refractivity contribution in [2.45, 2.75) is 39.3 Å². The lowest BCUT2D eigenvalue weighted by Gasteiger charge is -2.15. The predicted octanol–water partition coefficient (Wildman–Crippen LogP) is 4.58. The van der Waals surface area contributed by atoms with Gasteiger partial charge in [0.15, 0.2) is 11.5 Å². The fourth-order valence-electron chi connectivity index (χ4n) is 2.86. The summed E-state index contributed by atoms with van der Waals surface area (Å²) < 4.78 is 35.6. The zero-order valence-corrected chi connectivity index (χ0v) is 19.3. The Balaban J connectivity index is 1.99. The Hall–Kier alpha value is -1.66. The number of nitrogen functional groups attached to an aromatic ring is 1. The van der Waals surface area contributed by atoms with Crippen LogP contribution in [0.5, 0.6) is 0 Å². The van der Waals surface area contributed by atoms with Crippen LogP contribution in [0.15, 0.2) is 12.3 Å². The van der Waals surface area contributed by atoms with Crippen molar-refractivity contribution in [3.8, 4) is 11.3 Å². The van der Waals surface area contributed by atoms with Gasteiger partial charge >= 0.3 is 0 Å². The molecule has 2 N–H and O–H groups in total. The molecule has 3 aromatic heterocycles. The first-order chi connectivity index (χ1) is 13.1. The van der Waals surface area contributed by atoms with Crippen LogP contribution in [0.2, 0.25) is 25.7 Å². The molecule has 28 heavy (non-hydrogen) atoms. The minimum absolute atomic E-state index is 0.0271. The van der Waals surface area contributed by atoms with Crippen LogP contribution >= 0.6 is 22.6 Å². The Labute approximate surface area is 176 Å². The highest BCUT2D eigenvalue weighted by Crippen LogP contribution is 2.35. The van der Waals surface area contributed by atoms with E-state index in [0.717, 1.165) is 23.7 Å². The van der Waals surface area contributed by atoms with Crippen LogP contribution in [-0.2, 0) is 11.5 Å². The monoisotopic (exact) mass is 517 g/mol. The van der Waals surface area contributed by atoms with Crippen molar-refractivity contribution in [1.29, 1.82) is 0 Å². The quantitative estimate of drug-likeness (QED) is 0.294. The number of hydrogen-bond acceptors (Lipinski definition) is 5. The third-order valence-corrected chi connectivity index (χ3v) is 6.83. The molecule has 3 heterocycles. The number of rotatable bonds is 6. The number of pyridine rings is 2. The molecule has 10 heteroatoms. The van der Waals surface area contributed by atoms with Crippen molar-refractivity contribution >= 4 is 47.5 Å². The molecule has 3 rings (SSSR count). The maximum atomic E-state index is 14.3. The van der Waals surface area contributed by atoms with Crippen molar-refractivity contribution in [2.75, 3.05) is 12.3 Å². The first-order valence-corrected chi connectivity index (χ1v) is 13.6. The Bertz CT molecular complexity index is 1040. The summed E-state index contributed by atoms with van der Waals surface area (Å²) in [5, 5.41) is 5.25. The molecule has 0 aliphatic rings. The fourth-order valence-corrected chi connectivity index (χ4v) is 4.53. The number of nitrogens with zero attached hydrogens (tertiary/aromatic N) is 4. The Morgan fingerprint density at radius 1 is 1.29 bits per heavy atom. The van der Waals surface area contributed by atoms with E-state index in [1.54, 1.807) is 11.6 Å². The molecule has 0 spiro atoms. The SMILES string of the molecule is Cc1c(-c2ncc(F)cc2F)c(N)nc2c1c(I)nn2COCC[Si](C)(C)C. The van der Waals surface area contributed by atoms with Crippen LogP contribution in [0.3, 0.4) is 0 Å². The standard InChI is InChI=1S/C18H22F2IN5OSi/c1-10-13(15-12(20)7-11(19)8-23-15)17(22)24-18-14(10)16(21)25-26(18)9-27-5-6-28(2,3)4/h7-8H,5-6,9H2,1-4H3,(H2,22,24). The van der Waals surface area contributed by atoms with Crippen molar-refractivity contribution in [1.82, 2.24) is 19.7 Å².